The van der Waals surface area contributed by atoms with Gasteiger partial charge in [-0.05, 0) is 44.1 Å². The number of carbonyl (C=O) groups is 1. The smallest absolute Gasteiger partial charge is 0.409 e. The maximum absolute atomic E-state index is 11.7. The Morgan fingerprint density at radius 1 is 1.47 bits per heavy atom. The van der Waals surface area contributed by atoms with Gasteiger partial charge in [0.15, 0.2) is 0 Å². The van der Waals surface area contributed by atoms with Crippen molar-refractivity contribution >= 4 is 6.09 Å². The minimum Gasteiger partial charge on any atom is -0.453 e. The number of nitrogens with zero attached hydrogens (tertiary/aromatic N) is 2. The van der Waals surface area contributed by atoms with Crippen LogP contribution in [0.5, 0.6) is 0 Å². The van der Waals surface area contributed by atoms with Gasteiger partial charge in [0.05, 0.1) is 13.2 Å². The van der Waals surface area contributed by atoms with E-state index in [1.54, 1.807) is 4.90 Å². The van der Waals surface area contributed by atoms with Gasteiger partial charge in [0.25, 0.3) is 0 Å². The molecule has 0 bridgehead atoms. The van der Waals surface area contributed by atoms with Crippen LogP contribution in [0.1, 0.15) is 29.7 Å². The lowest BCUT2D eigenvalue weighted by Crippen LogP contribution is -2.38. The molecule has 0 saturated carbocycles. The van der Waals surface area contributed by atoms with Gasteiger partial charge in [-0.15, -0.1) is 0 Å². The summed E-state index contributed by atoms with van der Waals surface area (Å²) in [4.78, 5) is 15.6. The Labute approximate surface area is 115 Å². The van der Waals surface area contributed by atoms with Gasteiger partial charge in [-0.2, -0.15) is 0 Å². The van der Waals surface area contributed by atoms with Gasteiger partial charge < -0.3 is 14.5 Å². The summed E-state index contributed by atoms with van der Waals surface area (Å²) >= 11 is 0. The Morgan fingerprint density at radius 3 is 2.84 bits per heavy atom. The van der Waals surface area contributed by atoms with E-state index in [4.69, 9.17) is 4.74 Å². The van der Waals surface area contributed by atoms with Crippen molar-refractivity contribution < 1.29 is 9.53 Å². The van der Waals surface area contributed by atoms with Crippen molar-refractivity contribution in [2.24, 2.45) is 0 Å². The van der Waals surface area contributed by atoms with E-state index in [0.29, 0.717) is 0 Å². The zero-order valence-electron chi connectivity index (χ0n) is 12.1. The van der Waals surface area contributed by atoms with Crippen LogP contribution in [-0.2, 0) is 17.7 Å². The first-order chi connectivity index (χ1) is 9.02. The number of benzene rings is 1. The van der Waals surface area contributed by atoms with Gasteiger partial charge in [-0.1, -0.05) is 18.2 Å². The van der Waals surface area contributed by atoms with Crippen LogP contribution in [0.25, 0.3) is 0 Å². The second-order valence-electron chi connectivity index (χ2n) is 5.36. The van der Waals surface area contributed by atoms with Crippen LogP contribution in [0.2, 0.25) is 0 Å². The second-order valence-corrected chi connectivity index (χ2v) is 5.36. The number of ether oxygens (including phenoxy) is 1. The Balaban J connectivity index is 2.23. The topological polar surface area (TPSA) is 32.8 Å². The second kappa shape index (κ2) is 5.61. The van der Waals surface area contributed by atoms with Crippen LogP contribution < -0.4 is 0 Å². The van der Waals surface area contributed by atoms with E-state index in [-0.39, 0.29) is 12.1 Å². The number of amides is 1. The minimum atomic E-state index is -0.240. The Kier molecular flexibility index (Phi) is 4.10. The molecule has 0 N–H and O–H groups in total. The van der Waals surface area contributed by atoms with Crippen molar-refractivity contribution in [1.29, 1.82) is 0 Å². The third-order valence-corrected chi connectivity index (χ3v) is 3.65. The van der Waals surface area contributed by atoms with Gasteiger partial charge in [-0.3, -0.25) is 0 Å². The SMILES string of the molecule is COC(=O)N1CCc2cc(CN(C)C)ccc2C1C. The highest BCUT2D eigenvalue weighted by atomic mass is 16.5. The molecule has 0 aromatic heterocycles. The molecule has 104 valence electrons. The van der Waals surface area contributed by atoms with E-state index in [9.17, 15) is 4.79 Å². The molecule has 1 atom stereocenters. The summed E-state index contributed by atoms with van der Waals surface area (Å²) in [6, 6.07) is 6.65. The molecule has 1 aromatic carbocycles. The fourth-order valence-electron chi connectivity index (χ4n) is 2.72. The first kappa shape index (κ1) is 13.9. The fraction of sp³-hybridized carbons (Fsp3) is 0.533. The zero-order valence-corrected chi connectivity index (χ0v) is 12.1. The summed E-state index contributed by atoms with van der Waals surface area (Å²) in [5, 5.41) is 0. The lowest BCUT2D eigenvalue weighted by atomic mass is 9.92. The predicted molar refractivity (Wildman–Crippen MR) is 75.1 cm³/mol. The van der Waals surface area contributed by atoms with E-state index in [0.717, 1.165) is 19.5 Å². The molecule has 1 aromatic rings. The molecule has 0 radical (unpaired) electrons. The van der Waals surface area contributed by atoms with Crippen molar-refractivity contribution in [3.05, 3.63) is 34.9 Å². The van der Waals surface area contributed by atoms with Crippen molar-refractivity contribution in [3.63, 3.8) is 0 Å². The largest absolute Gasteiger partial charge is 0.453 e. The van der Waals surface area contributed by atoms with Crippen LogP contribution in [-0.4, -0.2) is 43.6 Å². The zero-order chi connectivity index (χ0) is 14.0. The maximum atomic E-state index is 11.7. The molecule has 4 nitrogen and oxygen atoms in total. The normalized spacial score (nSPS) is 18.4. The summed E-state index contributed by atoms with van der Waals surface area (Å²) in [7, 11) is 5.58. The maximum Gasteiger partial charge on any atom is 0.409 e. The number of carbonyl (C=O) groups excluding carboxylic acids is 1. The number of fused-ring (bicyclic) bond motifs is 1. The molecular weight excluding hydrogens is 240 g/mol. The molecule has 1 aliphatic heterocycles. The third kappa shape index (κ3) is 2.89. The molecule has 1 heterocycles. The highest BCUT2D eigenvalue weighted by molar-refractivity contribution is 5.68. The molecule has 0 aliphatic carbocycles. The van der Waals surface area contributed by atoms with Crippen molar-refractivity contribution in [3.8, 4) is 0 Å². The first-order valence-corrected chi connectivity index (χ1v) is 6.64. The van der Waals surface area contributed by atoms with E-state index in [1.165, 1.54) is 23.8 Å². The first-order valence-electron chi connectivity index (χ1n) is 6.64. The number of hydrogen-bond acceptors (Lipinski definition) is 3. The standard InChI is InChI=1S/C15H22N2O2/c1-11-14-6-5-12(10-16(2)3)9-13(14)7-8-17(11)15(18)19-4/h5-6,9,11H,7-8,10H2,1-4H3. The lowest BCUT2D eigenvalue weighted by Gasteiger charge is -2.34. The van der Waals surface area contributed by atoms with Crippen LogP contribution in [0.4, 0.5) is 4.79 Å². The molecule has 19 heavy (non-hydrogen) atoms. The van der Waals surface area contributed by atoms with Gasteiger partial charge in [0.1, 0.15) is 0 Å². The molecule has 1 unspecified atom stereocenters. The predicted octanol–water partition coefficient (Wildman–Crippen LogP) is 2.43. The average Bonchev–Trinajstić information content (AvgIpc) is 2.37. The van der Waals surface area contributed by atoms with Gasteiger partial charge in [-0.25, -0.2) is 4.79 Å². The van der Waals surface area contributed by atoms with Gasteiger partial charge in [0, 0.05) is 13.1 Å². The van der Waals surface area contributed by atoms with Crippen molar-refractivity contribution in [1.82, 2.24) is 9.80 Å². The van der Waals surface area contributed by atoms with Crippen molar-refractivity contribution in [2.45, 2.75) is 25.9 Å². The number of methoxy groups -OCH3 is 1. The Bertz CT molecular complexity index is 471. The lowest BCUT2D eigenvalue weighted by molar-refractivity contribution is 0.105. The molecule has 0 fully saturated rings. The minimum absolute atomic E-state index is 0.0876. The summed E-state index contributed by atoms with van der Waals surface area (Å²) in [6.07, 6.45) is 0.659. The highest BCUT2D eigenvalue weighted by Crippen LogP contribution is 2.30. The van der Waals surface area contributed by atoms with Crippen LogP contribution in [0.15, 0.2) is 18.2 Å². The molecule has 0 spiro atoms. The number of hydrogen-bond donors (Lipinski definition) is 0. The quantitative estimate of drug-likeness (QED) is 0.820. The van der Waals surface area contributed by atoms with Crippen LogP contribution in [0.3, 0.4) is 0 Å². The van der Waals surface area contributed by atoms with Crippen LogP contribution >= 0.6 is 0 Å². The summed E-state index contributed by atoms with van der Waals surface area (Å²) in [5.41, 5.74) is 3.91. The van der Waals surface area contributed by atoms with Gasteiger partial charge >= 0.3 is 6.09 Å². The Morgan fingerprint density at radius 2 is 2.21 bits per heavy atom. The number of rotatable bonds is 2. The molecule has 4 heteroatoms. The van der Waals surface area contributed by atoms with Crippen molar-refractivity contribution in [2.75, 3.05) is 27.7 Å². The molecule has 1 aliphatic rings. The summed E-state index contributed by atoms with van der Waals surface area (Å²) < 4.78 is 4.83. The third-order valence-electron chi connectivity index (χ3n) is 3.65. The molecule has 2 rings (SSSR count). The van der Waals surface area contributed by atoms with Crippen LogP contribution in [0, 0.1) is 0 Å². The van der Waals surface area contributed by atoms with E-state index in [1.807, 2.05) is 0 Å². The summed E-state index contributed by atoms with van der Waals surface area (Å²) in [5.74, 6) is 0. The van der Waals surface area contributed by atoms with E-state index in [2.05, 4.69) is 44.1 Å². The Hall–Kier alpha value is -1.55. The van der Waals surface area contributed by atoms with E-state index < -0.39 is 0 Å². The molecule has 0 saturated heterocycles. The fourth-order valence-corrected chi connectivity index (χ4v) is 2.72. The molecule has 1 amide bonds. The monoisotopic (exact) mass is 262 g/mol. The molecular formula is C15H22N2O2. The van der Waals surface area contributed by atoms with Gasteiger partial charge in [0.2, 0.25) is 0 Å². The summed E-state index contributed by atoms with van der Waals surface area (Å²) in [6.45, 7) is 3.73. The average molecular weight is 262 g/mol. The van der Waals surface area contributed by atoms with E-state index >= 15 is 0 Å². The highest BCUT2D eigenvalue weighted by Gasteiger charge is 2.28.